The fourth-order valence-electron chi connectivity index (χ4n) is 4.48. The van der Waals surface area contributed by atoms with Crippen molar-refractivity contribution in [2.75, 3.05) is 0 Å². The van der Waals surface area contributed by atoms with Gasteiger partial charge in [0, 0.05) is 20.1 Å². The van der Waals surface area contributed by atoms with Crippen LogP contribution in [0.2, 0.25) is 0 Å². The molecule has 4 aromatic carbocycles. The first kappa shape index (κ1) is 24.3. The lowest BCUT2D eigenvalue weighted by Crippen LogP contribution is -2.07. The number of halogens is 2. The van der Waals surface area contributed by atoms with E-state index in [4.69, 9.17) is 0 Å². The Morgan fingerprint density at radius 3 is 1.26 bits per heavy atom. The fraction of sp³-hybridized carbons (Fsp3) is 0. The van der Waals surface area contributed by atoms with Crippen LogP contribution >= 0.6 is 31.9 Å². The second-order valence-corrected chi connectivity index (χ2v) is 10.5. The largest absolute Gasteiger partial charge is 0.288 e. The van der Waals surface area contributed by atoms with Crippen LogP contribution in [0.5, 0.6) is 0 Å². The van der Waals surface area contributed by atoms with Gasteiger partial charge < -0.3 is 0 Å². The highest BCUT2D eigenvalue weighted by molar-refractivity contribution is 9.10. The Morgan fingerprint density at radius 1 is 0.526 bits per heavy atom. The van der Waals surface area contributed by atoms with Gasteiger partial charge in [-0.2, -0.15) is 10.2 Å². The third kappa shape index (κ3) is 4.55. The van der Waals surface area contributed by atoms with E-state index in [0.717, 1.165) is 42.8 Å². The van der Waals surface area contributed by atoms with E-state index in [1.165, 1.54) is 0 Å². The maximum Gasteiger partial charge on any atom is 0.200 e. The summed E-state index contributed by atoms with van der Waals surface area (Å²) in [5, 5.41) is 9.33. The summed E-state index contributed by atoms with van der Waals surface area (Å²) in [4.78, 5) is 14.3. The van der Waals surface area contributed by atoms with Crippen LogP contribution in [-0.2, 0) is 0 Å². The average molecular weight is 624 g/mol. The Kier molecular flexibility index (Phi) is 6.62. The number of ketones is 1. The standard InChI is InChI=1S/C31H20Br2N4O/c32-23-11-15-25(16-12-23)36-29(21-7-3-1-4-8-21)27(19-34-36)31(38)28-20-35-37(26-17-13-24(33)14-18-26)30(28)22-9-5-2-6-10-22/h1-20H. The zero-order valence-corrected chi connectivity index (χ0v) is 23.2. The summed E-state index contributed by atoms with van der Waals surface area (Å²) in [6.45, 7) is 0. The third-order valence-electron chi connectivity index (χ3n) is 6.26. The number of hydrogen-bond acceptors (Lipinski definition) is 3. The first-order valence-corrected chi connectivity index (χ1v) is 13.5. The molecule has 6 rings (SSSR count). The average Bonchev–Trinajstić information content (AvgIpc) is 3.60. The van der Waals surface area contributed by atoms with Crippen molar-refractivity contribution in [1.82, 2.24) is 19.6 Å². The smallest absolute Gasteiger partial charge is 0.200 e. The van der Waals surface area contributed by atoms with E-state index in [2.05, 4.69) is 42.1 Å². The number of rotatable bonds is 6. The predicted octanol–water partition coefficient (Wildman–Crippen LogP) is 8.15. The fourth-order valence-corrected chi connectivity index (χ4v) is 5.01. The molecule has 6 aromatic rings. The monoisotopic (exact) mass is 622 g/mol. The Bertz CT molecular complexity index is 1590. The number of carbonyl (C=O) groups is 1. The minimum Gasteiger partial charge on any atom is -0.288 e. The highest BCUT2D eigenvalue weighted by Crippen LogP contribution is 2.33. The number of aromatic nitrogens is 4. The lowest BCUT2D eigenvalue weighted by Gasteiger charge is -2.12. The van der Waals surface area contributed by atoms with Crippen molar-refractivity contribution < 1.29 is 4.79 Å². The highest BCUT2D eigenvalue weighted by Gasteiger charge is 2.26. The Hall–Kier alpha value is -4.07. The van der Waals surface area contributed by atoms with Gasteiger partial charge in [0.05, 0.1) is 46.3 Å². The second kappa shape index (κ2) is 10.4. The van der Waals surface area contributed by atoms with Crippen LogP contribution in [0.15, 0.2) is 131 Å². The van der Waals surface area contributed by atoms with Crippen LogP contribution in [0.25, 0.3) is 33.9 Å². The summed E-state index contributed by atoms with van der Waals surface area (Å²) < 4.78 is 5.57. The van der Waals surface area contributed by atoms with Crippen molar-refractivity contribution in [2.24, 2.45) is 0 Å². The molecule has 38 heavy (non-hydrogen) atoms. The Morgan fingerprint density at radius 2 is 0.895 bits per heavy atom. The molecule has 0 aliphatic heterocycles. The van der Waals surface area contributed by atoms with Crippen LogP contribution in [0.4, 0.5) is 0 Å². The molecule has 0 atom stereocenters. The van der Waals surface area contributed by atoms with E-state index in [1.807, 2.05) is 119 Å². The number of nitrogens with zero attached hydrogens (tertiary/aromatic N) is 4. The molecule has 7 heteroatoms. The summed E-state index contributed by atoms with van der Waals surface area (Å²) in [7, 11) is 0. The molecule has 5 nitrogen and oxygen atoms in total. The van der Waals surface area contributed by atoms with E-state index in [9.17, 15) is 4.79 Å². The van der Waals surface area contributed by atoms with Gasteiger partial charge in [-0.3, -0.25) is 4.79 Å². The highest BCUT2D eigenvalue weighted by atomic mass is 79.9. The molecule has 0 saturated heterocycles. The van der Waals surface area contributed by atoms with E-state index in [0.29, 0.717) is 11.1 Å². The molecule has 184 valence electrons. The van der Waals surface area contributed by atoms with Crippen molar-refractivity contribution in [3.63, 3.8) is 0 Å². The van der Waals surface area contributed by atoms with Crippen LogP contribution in [0.1, 0.15) is 15.9 Å². The van der Waals surface area contributed by atoms with E-state index < -0.39 is 0 Å². The molecule has 0 unspecified atom stereocenters. The summed E-state index contributed by atoms with van der Waals surface area (Å²) in [6.07, 6.45) is 3.30. The molecule has 0 amide bonds. The topological polar surface area (TPSA) is 52.7 Å². The quantitative estimate of drug-likeness (QED) is 0.176. The van der Waals surface area contributed by atoms with Crippen LogP contribution in [0, 0.1) is 0 Å². The van der Waals surface area contributed by atoms with Crippen molar-refractivity contribution in [1.29, 1.82) is 0 Å². The zero-order chi connectivity index (χ0) is 26.1. The summed E-state index contributed by atoms with van der Waals surface area (Å²) in [5.74, 6) is -0.144. The van der Waals surface area contributed by atoms with Crippen molar-refractivity contribution >= 4 is 37.6 Å². The van der Waals surface area contributed by atoms with Crippen LogP contribution in [0.3, 0.4) is 0 Å². The minimum absolute atomic E-state index is 0.144. The van der Waals surface area contributed by atoms with Crippen LogP contribution < -0.4 is 0 Å². The van der Waals surface area contributed by atoms with Crippen molar-refractivity contribution in [3.8, 4) is 33.9 Å². The van der Waals surface area contributed by atoms with Gasteiger partial charge in [0.15, 0.2) is 0 Å². The molecule has 0 spiro atoms. The van der Waals surface area contributed by atoms with Gasteiger partial charge in [-0.1, -0.05) is 92.5 Å². The lowest BCUT2D eigenvalue weighted by atomic mass is 9.98. The molecule has 2 aromatic heterocycles. The third-order valence-corrected chi connectivity index (χ3v) is 7.32. The summed E-state index contributed by atoms with van der Waals surface area (Å²) >= 11 is 7.00. The van der Waals surface area contributed by atoms with Gasteiger partial charge in [0.25, 0.3) is 0 Å². The molecular formula is C31H20Br2N4O. The molecule has 0 bridgehead atoms. The molecule has 0 fully saturated rings. The number of benzene rings is 4. The Balaban J connectivity index is 1.54. The predicted molar refractivity (Wildman–Crippen MR) is 157 cm³/mol. The van der Waals surface area contributed by atoms with Gasteiger partial charge in [-0.05, 0) is 48.5 Å². The number of carbonyl (C=O) groups excluding carboxylic acids is 1. The van der Waals surface area contributed by atoms with Crippen molar-refractivity contribution in [2.45, 2.75) is 0 Å². The van der Waals surface area contributed by atoms with E-state index in [1.54, 1.807) is 12.4 Å². The molecule has 2 heterocycles. The van der Waals surface area contributed by atoms with E-state index in [-0.39, 0.29) is 5.78 Å². The molecule has 0 N–H and O–H groups in total. The van der Waals surface area contributed by atoms with Gasteiger partial charge in [0.1, 0.15) is 0 Å². The molecule has 0 aliphatic rings. The van der Waals surface area contributed by atoms with E-state index >= 15 is 0 Å². The van der Waals surface area contributed by atoms with Gasteiger partial charge in [-0.25, -0.2) is 9.36 Å². The first-order valence-electron chi connectivity index (χ1n) is 11.9. The maximum absolute atomic E-state index is 14.3. The Labute approximate surface area is 236 Å². The minimum atomic E-state index is -0.144. The first-order chi connectivity index (χ1) is 18.6. The second-order valence-electron chi connectivity index (χ2n) is 8.65. The maximum atomic E-state index is 14.3. The lowest BCUT2D eigenvalue weighted by molar-refractivity contribution is 0.104. The summed E-state index contributed by atoms with van der Waals surface area (Å²) in [6, 6.07) is 35.5. The zero-order valence-electron chi connectivity index (χ0n) is 20.0. The molecule has 0 saturated carbocycles. The normalized spacial score (nSPS) is 11.0. The molecule has 0 aliphatic carbocycles. The number of hydrogen-bond donors (Lipinski definition) is 0. The molecular weight excluding hydrogens is 604 g/mol. The SMILES string of the molecule is O=C(c1cnn(-c2ccc(Br)cc2)c1-c1ccccc1)c1cnn(-c2ccc(Br)cc2)c1-c1ccccc1. The van der Waals surface area contributed by atoms with Crippen molar-refractivity contribution in [3.05, 3.63) is 142 Å². The van der Waals surface area contributed by atoms with Gasteiger partial charge in [0.2, 0.25) is 5.78 Å². The van der Waals surface area contributed by atoms with Crippen LogP contribution in [-0.4, -0.2) is 25.3 Å². The molecule has 0 radical (unpaired) electrons. The van der Waals surface area contributed by atoms with Gasteiger partial charge in [-0.15, -0.1) is 0 Å². The summed E-state index contributed by atoms with van der Waals surface area (Å²) in [5.41, 5.74) is 6.00. The van der Waals surface area contributed by atoms with Gasteiger partial charge >= 0.3 is 0 Å².